The summed E-state index contributed by atoms with van der Waals surface area (Å²) >= 11 is 7.82. The first-order valence-electron chi connectivity index (χ1n) is 8.26. The van der Waals surface area contributed by atoms with Crippen molar-refractivity contribution in [2.24, 2.45) is 11.8 Å². The Kier molecular flexibility index (Phi) is 6.54. The van der Waals surface area contributed by atoms with Crippen LogP contribution in [-0.2, 0) is 6.54 Å². The van der Waals surface area contributed by atoms with E-state index in [-0.39, 0.29) is 0 Å². The van der Waals surface area contributed by atoms with E-state index in [1.54, 1.807) is 11.3 Å². The van der Waals surface area contributed by atoms with Crippen molar-refractivity contribution in [2.75, 3.05) is 13.1 Å². The van der Waals surface area contributed by atoms with Gasteiger partial charge in [0.1, 0.15) is 0 Å². The van der Waals surface area contributed by atoms with E-state index in [1.807, 2.05) is 6.07 Å². The summed E-state index contributed by atoms with van der Waals surface area (Å²) < 4.78 is 0.902. The normalized spacial score (nSPS) is 26.7. The molecule has 1 aromatic heterocycles. The van der Waals surface area contributed by atoms with Gasteiger partial charge >= 0.3 is 0 Å². The molecule has 2 nitrogen and oxygen atoms in total. The van der Waals surface area contributed by atoms with Gasteiger partial charge in [-0.3, -0.25) is 4.90 Å². The summed E-state index contributed by atoms with van der Waals surface area (Å²) in [6, 6.07) is 5.46. The Morgan fingerprint density at radius 2 is 2.00 bits per heavy atom. The lowest BCUT2D eigenvalue weighted by atomic mass is 9.90. The van der Waals surface area contributed by atoms with E-state index < -0.39 is 0 Å². The van der Waals surface area contributed by atoms with Crippen LogP contribution in [0.15, 0.2) is 12.1 Å². The molecule has 4 heteroatoms. The molecule has 0 saturated carbocycles. The largest absolute Gasteiger partial charge is 0.311 e. The zero-order chi connectivity index (χ0) is 15.4. The Bertz CT molecular complexity index is 434. The van der Waals surface area contributed by atoms with E-state index >= 15 is 0 Å². The van der Waals surface area contributed by atoms with Crippen LogP contribution in [0.25, 0.3) is 0 Å². The highest BCUT2D eigenvalue weighted by Crippen LogP contribution is 2.27. The Morgan fingerprint density at radius 3 is 2.57 bits per heavy atom. The Hall–Kier alpha value is -0.0900. The van der Waals surface area contributed by atoms with Crippen LogP contribution in [0.1, 0.15) is 45.4 Å². The third kappa shape index (κ3) is 4.44. The zero-order valence-corrected chi connectivity index (χ0v) is 15.3. The molecule has 1 aromatic rings. The molecule has 4 unspecified atom stereocenters. The minimum Gasteiger partial charge on any atom is -0.311 e. The molecule has 1 saturated heterocycles. The Morgan fingerprint density at radius 1 is 1.29 bits per heavy atom. The van der Waals surface area contributed by atoms with Crippen molar-refractivity contribution in [3.8, 4) is 0 Å². The van der Waals surface area contributed by atoms with Crippen molar-refractivity contribution in [1.82, 2.24) is 10.2 Å². The second-order valence-corrected chi connectivity index (χ2v) is 8.29. The third-order valence-electron chi connectivity index (χ3n) is 5.11. The third-order valence-corrected chi connectivity index (χ3v) is 6.32. The van der Waals surface area contributed by atoms with Gasteiger partial charge in [0, 0.05) is 36.6 Å². The molecular weight excluding hydrogens is 300 g/mol. The summed E-state index contributed by atoms with van der Waals surface area (Å²) in [5.41, 5.74) is 0. The highest BCUT2D eigenvalue weighted by molar-refractivity contribution is 7.16. The quantitative estimate of drug-likeness (QED) is 0.818. The smallest absolute Gasteiger partial charge is 0.0931 e. The fourth-order valence-electron chi connectivity index (χ4n) is 3.17. The first-order chi connectivity index (χ1) is 10.0. The predicted molar refractivity (Wildman–Crippen MR) is 94.2 cm³/mol. The van der Waals surface area contributed by atoms with Gasteiger partial charge in [0.05, 0.1) is 4.34 Å². The summed E-state index contributed by atoms with van der Waals surface area (Å²) in [5.74, 6) is 1.46. The Balaban J connectivity index is 2.08. The number of piperazine rings is 1. The van der Waals surface area contributed by atoms with Crippen molar-refractivity contribution in [1.29, 1.82) is 0 Å². The molecule has 1 fully saturated rings. The van der Waals surface area contributed by atoms with Crippen LogP contribution in [0.2, 0.25) is 4.34 Å². The summed E-state index contributed by atoms with van der Waals surface area (Å²) in [5, 5.41) is 3.79. The Labute approximate surface area is 138 Å². The van der Waals surface area contributed by atoms with Gasteiger partial charge in [0.25, 0.3) is 0 Å². The molecule has 21 heavy (non-hydrogen) atoms. The van der Waals surface area contributed by atoms with Gasteiger partial charge in [-0.15, -0.1) is 11.3 Å². The monoisotopic (exact) mass is 328 g/mol. The zero-order valence-electron chi connectivity index (χ0n) is 13.7. The van der Waals surface area contributed by atoms with Gasteiger partial charge in [0.2, 0.25) is 0 Å². The SMILES string of the molecule is CCC(C)C1CN(Cc2ccc(Cl)s2)C(C(C)CC)CN1. The average molecular weight is 329 g/mol. The molecule has 1 aliphatic heterocycles. The molecule has 0 spiro atoms. The molecule has 120 valence electrons. The van der Waals surface area contributed by atoms with E-state index in [4.69, 9.17) is 11.6 Å². The van der Waals surface area contributed by atoms with Gasteiger partial charge in [-0.05, 0) is 24.0 Å². The van der Waals surface area contributed by atoms with E-state index in [2.05, 4.69) is 44.0 Å². The van der Waals surface area contributed by atoms with Gasteiger partial charge in [-0.25, -0.2) is 0 Å². The maximum atomic E-state index is 6.09. The van der Waals surface area contributed by atoms with Gasteiger partial charge in [0.15, 0.2) is 0 Å². The molecule has 1 N–H and O–H groups in total. The van der Waals surface area contributed by atoms with Crippen molar-refractivity contribution in [3.05, 3.63) is 21.3 Å². The predicted octanol–water partition coefficient (Wildman–Crippen LogP) is 4.64. The standard InChI is InChI=1S/C17H29ClN2S/c1-5-12(3)15-11-20(10-14-7-8-17(18)21-14)16(9-19-15)13(4)6-2/h7-8,12-13,15-16,19H,5-6,9-11H2,1-4H3. The number of hydrogen-bond donors (Lipinski definition) is 1. The highest BCUT2D eigenvalue weighted by atomic mass is 35.5. The average Bonchev–Trinajstić information content (AvgIpc) is 2.90. The number of halogens is 1. The van der Waals surface area contributed by atoms with Gasteiger partial charge in [-0.1, -0.05) is 52.1 Å². The topological polar surface area (TPSA) is 15.3 Å². The minimum atomic E-state index is 0.616. The fourth-order valence-corrected chi connectivity index (χ4v) is 4.28. The van der Waals surface area contributed by atoms with E-state index in [0.717, 1.165) is 35.8 Å². The molecular formula is C17H29ClN2S. The maximum Gasteiger partial charge on any atom is 0.0931 e. The van der Waals surface area contributed by atoms with Crippen molar-refractivity contribution in [3.63, 3.8) is 0 Å². The molecule has 0 aromatic carbocycles. The summed E-state index contributed by atoms with van der Waals surface area (Å²) in [4.78, 5) is 4.07. The van der Waals surface area contributed by atoms with Crippen molar-refractivity contribution in [2.45, 2.75) is 59.2 Å². The van der Waals surface area contributed by atoms with Crippen LogP contribution in [0, 0.1) is 11.8 Å². The van der Waals surface area contributed by atoms with Crippen LogP contribution >= 0.6 is 22.9 Å². The molecule has 0 radical (unpaired) electrons. The summed E-state index contributed by atoms with van der Waals surface area (Å²) in [6.45, 7) is 12.6. The van der Waals surface area contributed by atoms with Gasteiger partial charge in [-0.2, -0.15) is 0 Å². The number of nitrogens with one attached hydrogen (secondary N) is 1. The first kappa shape index (κ1) is 17.3. The van der Waals surface area contributed by atoms with E-state index in [1.165, 1.54) is 17.7 Å². The molecule has 0 amide bonds. The number of hydrogen-bond acceptors (Lipinski definition) is 3. The highest BCUT2D eigenvalue weighted by Gasteiger charge is 2.32. The molecule has 2 heterocycles. The second kappa shape index (κ2) is 7.96. The lowest BCUT2D eigenvalue weighted by Crippen LogP contribution is -2.59. The fraction of sp³-hybridized carbons (Fsp3) is 0.765. The first-order valence-corrected chi connectivity index (χ1v) is 9.46. The van der Waals surface area contributed by atoms with Crippen LogP contribution in [0.3, 0.4) is 0 Å². The van der Waals surface area contributed by atoms with Gasteiger partial charge < -0.3 is 5.32 Å². The van der Waals surface area contributed by atoms with Crippen LogP contribution in [-0.4, -0.2) is 30.1 Å². The molecule has 1 aliphatic rings. The second-order valence-electron chi connectivity index (χ2n) is 6.49. The van der Waals surface area contributed by atoms with Crippen LogP contribution in [0.5, 0.6) is 0 Å². The molecule has 0 aliphatic carbocycles. The van der Waals surface area contributed by atoms with Crippen LogP contribution in [0.4, 0.5) is 0 Å². The summed E-state index contributed by atoms with van der Waals surface area (Å²) in [7, 11) is 0. The van der Waals surface area contributed by atoms with Crippen LogP contribution < -0.4 is 5.32 Å². The van der Waals surface area contributed by atoms with Crippen molar-refractivity contribution >= 4 is 22.9 Å². The van der Waals surface area contributed by atoms with Crippen molar-refractivity contribution < 1.29 is 0 Å². The van der Waals surface area contributed by atoms with E-state index in [0.29, 0.717) is 12.1 Å². The molecule has 4 atom stereocenters. The maximum absolute atomic E-state index is 6.09. The molecule has 2 rings (SSSR count). The number of thiophene rings is 1. The molecule has 0 bridgehead atoms. The lowest BCUT2D eigenvalue weighted by Gasteiger charge is -2.44. The summed E-state index contributed by atoms with van der Waals surface area (Å²) in [6.07, 6.45) is 2.48. The lowest BCUT2D eigenvalue weighted by molar-refractivity contribution is 0.0702. The van der Waals surface area contributed by atoms with E-state index in [9.17, 15) is 0 Å². The minimum absolute atomic E-state index is 0.616. The number of nitrogens with zero attached hydrogens (tertiary/aromatic N) is 1. The number of rotatable bonds is 6.